The molecule has 0 aliphatic heterocycles. The summed E-state index contributed by atoms with van der Waals surface area (Å²) < 4.78 is 1.56. The molecule has 0 saturated heterocycles. The Kier molecular flexibility index (Phi) is 5.45. The Morgan fingerprint density at radius 2 is 0.917 bits per heavy atom. The zero-order chi connectivity index (χ0) is 17.1. The van der Waals surface area contributed by atoms with Gasteiger partial charge >= 0.3 is 0 Å². The van der Waals surface area contributed by atoms with Gasteiger partial charge in [0, 0.05) is 29.4 Å². The highest BCUT2D eigenvalue weighted by molar-refractivity contribution is 14.1. The molecule has 0 heterocycles. The van der Waals surface area contributed by atoms with Gasteiger partial charge in [0.15, 0.2) is 11.6 Å². The van der Waals surface area contributed by atoms with Crippen LogP contribution in [0.15, 0.2) is 72.8 Å². The minimum atomic E-state index is -0.0309. The van der Waals surface area contributed by atoms with Crippen LogP contribution in [0.1, 0.15) is 31.8 Å². The van der Waals surface area contributed by atoms with Crippen LogP contribution in [0.3, 0.4) is 0 Å². The van der Waals surface area contributed by atoms with Crippen molar-refractivity contribution in [2.45, 2.75) is 0 Å². The quantitative estimate of drug-likeness (QED) is 0.332. The lowest BCUT2D eigenvalue weighted by Crippen LogP contribution is -2.09. The average Bonchev–Trinajstić information content (AvgIpc) is 2.63. The molecule has 0 aliphatic rings. The molecule has 0 bridgehead atoms. The highest BCUT2D eigenvalue weighted by Gasteiger charge is 2.19. The Hall–Kier alpha value is -1.54. The van der Waals surface area contributed by atoms with Crippen LogP contribution in [0.2, 0.25) is 0 Å². The van der Waals surface area contributed by atoms with Gasteiger partial charge in [0.1, 0.15) is 0 Å². The second-order valence-electron chi connectivity index (χ2n) is 5.20. The minimum Gasteiger partial charge on any atom is -0.289 e. The number of carbonyl (C=O) groups is 2. The maximum Gasteiger partial charge on any atom is 0.194 e. The van der Waals surface area contributed by atoms with Gasteiger partial charge in [-0.2, -0.15) is 0 Å². The molecule has 0 aliphatic carbocycles. The smallest absolute Gasteiger partial charge is 0.194 e. The monoisotopic (exact) mass is 538 g/mol. The number of halogens is 2. The van der Waals surface area contributed by atoms with E-state index < -0.39 is 0 Å². The Balaban J connectivity index is 2.01. The maximum absolute atomic E-state index is 12.7. The minimum absolute atomic E-state index is 0.0309. The highest BCUT2D eigenvalue weighted by atomic mass is 127. The molecule has 118 valence electrons. The van der Waals surface area contributed by atoms with Gasteiger partial charge in [-0.15, -0.1) is 0 Å². The molecule has 0 radical (unpaired) electrons. The van der Waals surface area contributed by atoms with Crippen molar-refractivity contribution in [3.8, 4) is 0 Å². The lowest BCUT2D eigenvalue weighted by Gasteiger charge is -2.09. The van der Waals surface area contributed by atoms with Crippen LogP contribution < -0.4 is 0 Å². The summed E-state index contributed by atoms with van der Waals surface area (Å²) in [7, 11) is 0. The van der Waals surface area contributed by atoms with Crippen molar-refractivity contribution in [3.05, 3.63) is 102 Å². The van der Waals surface area contributed by atoms with Crippen LogP contribution >= 0.6 is 45.2 Å². The number of ketones is 2. The maximum atomic E-state index is 12.7. The van der Waals surface area contributed by atoms with Crippen LogP contribution in [-0.2, 0) is 0 Å². The molecule has 3 aromatic rings. The molecule has 0 fully saturated rings. The number of hydrogen-bond acceptors (Lipinski definition) is 2. The van der Waals surface area contributed by atoms with Gasteiger partial charge in [-0.05, 0) is 57.3 Å². The van der Waals surface area contributed by atoms with Crippen molar-refractivity contribution in [3.63, 3.8) is 0 Å². The fourth-order valence-electron chi connectivity index (χ4n) is 2.38. The standard InChI is InChI=1S/C20H12I2O2/c21-17-12-16(20(24)14-9-5-2-6-10-14)18(22)11-15(17)19(23)13-7-3-1-4-8-13/h1-12H. The summed E-state index contributed by atoms with van der Waals surface area (Å²) in [6, 6.07) is 21.9. The first-order valence-corrected chi connectivity index (χ1v) is 9.42. The Labute approximate surface area is 167 Å². The molecule has 0 spiro atoms. The second-order valence-corrected chi connectivity index (χ2v) is 7.53. The third-order valence-corrected chi connectivity index (χ3v) is 5.40. The fraction of sp³-hybridized carbons (Fsp3) is 0. The van der Waals surface area contributed by atoms with Gasteiger partial charge in [0.05, 0.1) is 0 Å². The molecular formula is C20H12I2O2. The molecule has 0 unspecified atom stereocenters. The van der Waals surface area contributed by atoms with E-state index in [0.29, 0.717) is 22.3 Å². The van der Waals surface area contributed by atoms with Crippen LogP contribution in [0.4, 0.5) is 0 Å². The van der Waals surface area contributed by atoms with Crippen molar-refractivity contribution in [1.29, 1.82) is 0 Å². The Morgan fingerprint density at radius 1 is 0.583 bits per heavy atom. The van der Waals surface area contributed by atoms with E-state index in [1.807, 2.05) is 36.4 Å². The van der Waals surface area contributed by atoms with Crippen molar-refractivity contribution in [1.82, 2.24) is 0 Å². The highest BCUT2D eigenvalue weighted by Crippen LogP contribution is 2.25. The molecule has 0 atom stereocenters. The van der Waals surface area contributed by atoms with E-state index in [9.17, 15) is 9.59 Å². The number of carbonyl (C=O) groups excluding carboxylic acids is 2. The van der Waals surface area contributed by atoms with Crippen LogP contribution in [0, 0.1) is 7.14 Å². The van der Waals surface area contributed by atoms with E-state index in [2.05, 4.69) is 45.2 Å². The van der Waals surface area contributed by atoms with Gasteiger partial charge in [-0.25, -0.2) is 0 Å². The van der Waals surface area contributed by atoms with Crippen molar-refractivity contribution >= 4 is 56.7 Å². The molecule has 3 rings (SSSR count). The van der Waals surface area contributed by atoms with Gasteiger partial charge in [-0.3, -0.25) is 9.59 Å². The second kappa shape index (κ2) is 7.57. The summed E-state index contributed by atoms with van der Waals surface area (Å²) in [5, 5.41) is 0. The zero-order valence-electron chi connectivity index (χ0n) is 12.5. The summed E-state index contributed by atoms with van der Waals surface area (Å²) in [6.45, 7) is 0. The van der Waals surface area contributed by atoms with Gasteiger partial charge in [0.2, 0.25) is 0 Å². The first-order valence-electron chi connectivity index (χ1n) is 7.26. The topological polar surface area (TPSA) is 34.1 Å². The Morgan fingerprint density at radius 3 is 1.25 bits per heavy atom. The normalized spacial score (nSPS) is 10.4. The molecule has 0 aromatic heterocycles. The number of benzene rings is 3. The summed E-state index contributed by atoms with van der Waals surface area (Å²) in [6.07, 6.45) is 0. The van der Waals surface area contributed by atoms with Crippen LogP contribution in [0.25, 0.3) is 0 Å². The molecule has 4 heteroatoms. The van der Waals surface area contributed by atoms with Gasteiger partial charge < -0.3 is 0 Å². The van der Waals surface area contributed by atoms with E-state index >= 15 is 0 Å². The summed E-state index contributed by atoms with van der Waals surface area (Å²) in [4.78, 5) is 25.4. The van der Waals surface area contributed by atoms with E-state index in [1.54, 1.807) is 36.4 Å². The van der Waals surface area contributed by atoms with Crippen LogP contribution in [-0.4, -0.2) is 11.6 Å². The third kappa shape index (κ3) is 3.59. The van der Waals surface area contributed by atoms with Crippen molar-refractivity contribution in [2.75, 3.05) is 0 Å². The predicted molar refractivity (Wildman–Crippen MR) is 112 cm³/mol. The molecule has 2 nitrogen and oxygen atoms in total. The molecule has 0 amide bonds. The lowest BCUT2D eigenvalue weighted by atomic mass is 9.98. The Bertz CT molecular complexity index is 826. The van der Waals surface area contributed by atoms with Crippen molar-refractivity contribution < 1.29 is 9.59 Å². The van der Waals surface area contributed by atoms with Crippen LogP contribution in [0.5, 0.6) is 0 Å². The first-order chi connectivity index (χ1) is 11.6. The van der Waals surface area contributed by atoms with E-state index in [0.717, 1.165) is 7.14 Å². The molecule has 0 saturated carbocycles. The average molecular weight is 538 g/mol. The summed E-state index contributed by atoms with van der Waals surface area (Å²) >= 11 is 4.24. The van der Waals surface area contributed by atoms with E-state index in [4.69, 9.17) is 0 Å². The van der Waals surface area contributed by atoms with Crippen molar-refractivity contribution in [2.24, 2.45) is 0 Å². The molecule has 24 heavy (non-hydrogen) atoms. The van der Waals surface area contributed by atoms with Gasteiger partial charge in [-0.1, -0.05) is 60.7 Å². The SMILES string of the molecule is O=C(c1ccccc1)c1cc(I)c(C(=O)c2ccccc2)cc1I. The first kappa shape index (κ1) is 17.3. The number of hydrogen-bond donors (Lipinski definition) is 0. The zero-order valence-corrected chi connectivity index (χ0v) is 16.8. The predicted octanol–water partition coefficient (Wildman–Crippen LogP) is 5.36. The molecule has 0 N–H and O–H groups in total. The largest absolute Gasteiger partial charge is 0.289 e. The number of rotatable bonds is 4. The molecular weight excluding hydrogens is 526 g/mol. The summed E-state index contributed by atoms with van der Waals surface area (Å²) in [5.41, 5.74) is 2.54. The van der Waals surface area contributed by atoms with E-state index in [1.165, 1.54) is 0 Å². The lowest BCUT2D eigenvalue weighted by molar-refractivity contribution is 0.102. The third-order valence-electron chi connectivity index (χ3n) is 3.62. The molecule has 3 aromatic carbocycles. The summed E-state index contributed by atoms with van der Waals surface area (Å²) in [5.74, 6) is -0.0618. The van der Waals surface area contributed by atoms with E-state index in [-0.39, 0.29) is 11.6 Å². The fourth-order valence-corrected chi connectivity index (χ4v) is 3.81. The van der Waals surface area contributed by atoms with Gasteiger partial charge in [0.25, 0.3) is 0 Å².